The zero-order valence-corrected chi connectivity index (χ0v) is 14.7. The molecule has 0 aromatic heterocycles. The van der Waals surface area contributed by atoms with Crippen molar-refractivity contribution in [3.05, 3.63) is 57.1 Å². The number of benzene rings is 2. The van der Waals surface area contributed by atoms with Gasteiger partial charge in [-0.15, -0.1) is 0 Å². The molecule has 21 heavy (non-hydrogen) atoms. The van der Waals surface area contributed by atoms with Crippen LogP contribution in [-0.4, -0.2) is 7.05 Å². The van der Waals surface area contributed by atoms with Crippen LogP contribution in [0.1, 0.15) is 38.9 Å². The molecule has 2 rings (SSSR count). The Labute approximate surface area is 129 Å². The Morgan fingerprint density at radius 3 is 1.38 bits per heavy atom. The Balaban J connectivity index is 2.73. The van der Waals surface area contributed by atoms with Gasteiger partial charge in [-0.05, 0) is 87.4 Å². The summed E-state index contributed by atoms with van der Waals surface area (Å²) in [6, 6.07) is 6.52. The van der Waals surface area contributed by atoms with Gasteiger partial charge < -0.3 is 4.90 Å². The molecule has 2 aromatic carbocycles. The molecule has 2 aromatic rings. The van der Waals surface area contributed by atoms with Crippen molar-refractivity contribution in [1.29, 1.82) is 0 Å². The first kappa shape index (κ1) is 15.6. The van der Waals surface area contributed by atoms with Crippen LogP contribution >= 0.6 is 0 Å². The quantitative estimate of drug-likeness (QED) is 0.691. The van der Waals surface area contributed by atoms with Gasteiger partial charge in [0.2, 0.25) is 0 Å². The van der Waals surface area contributed by atoms with Gasteiger partial charge in [0, 0.05) is 18.4 Å². The minimum atomic E-state index is 1.33. The van der Waals surface area contributed by atoms with Crippen molar-refractivity contribution < 1.29 is 0 Å². The Morgan fingerprint density at radius 2 is 0.952 bits per heavy atom. The van der Waals surface area contributed by atoms with Gasteiger partial charge in [0.1, 0.15) is 0 Å². The minimum absolute atomic E-state index is 1.33. The van der Waals surface area contributed by atoms with Crippen LogP contribution in [0.2, 0.25) is 0 Å². The highest BCUT2D eigenvalue weighted by atomic mass is 15.1. The van der Waals surface area contributed by atoms with E-state index in [-0.39, 0.29) is 0 Å². The van der Waals surface area contributed by atoms with Gasteiger partial charge in [0.15, 0.2) is 0 Å². The molecule has 0 saturated carbocycles. The molecule has 0 N–H and O–H groups in total. The zero-order chi connectivity index (χ0) is 15.9. The Kier molecular flexibility index (Phi) is 4.13. The number of nitrogens with zero attached hydrogens (tertiary/aromatic N) is 1. The molecule has 0 heterocycles. The van der Waals surface area contributed by atoms with Crippen molar-refractivity contribution in [2.24, 2.45) is 0 Å². The molecule has 0 aliphatic rings. The predicted molar refractivity (Wildman–Crippen MR) is 94.1 cm³/mol. The molecule has 1 heteroatoms. The second-order valence-corrected chi connectivity index (χ2v) is 6.27. The van der Waals surface area contributed by atoms with E-state index in [0.717, 1.165) is 0 Å². The molecule has 0 amide bonds. The monoisotopic (exact) mass is 281 g/mol. The highest BCUT2D eigenvalue weighted by molar-refractivity contribution is 5.76. The second kappa shape index (κ2) is 5.55. The lowest BCUT2D eigenvalue weighted by atomic mass is 9.92. The molecular weight excluding hydrogens is 254 g/mol. The Hall–Kier alpha value is -1.76. The molecule has 112 valence electrons. The van der Waals surface area contributed by atoms with E-state index in [1.807, 2.05) is 0 Å². The molecule has 0 atom stereocenters. The van der Waals surface area contributed by atoms with E-state index < -0.39 is 0 Å². The summed E-state index contributed by atoms with van der Waals surface area (Å²) in [5.74, 6) is 0. The van der Waals surface area contributed by atoms with Crippen LogP contribution in [0.3, 0.4) is 0 Å². The third-order valence-electron chi connectivity index (χ3n) is 5.07. The van der Waals surface area contributed by atoms with Gasteiger partial charge in [-0.3, -0.25) is 0 Å². The van der Waals surface area contributed by atoms with Gasteiger partial charge in [0.05, 0.1) is 0 Å². The molecule has 0 aliphatic carbocycles. The molecule has 0 bridgehead atoms. The molecule has 0 radical (unpaired) electrons. The summed E-state index contributed by atoms with van der Waals surface area (Å²) < 4.78 is 0. The number of hydrogen-bond donors (Lipinski definition) is 0. The van der Waals surface area contributed by atoms with Crippen molar-refractivity contribution in [2.45, 2.75) is 48.5 Å². The number of aryl methyl sites for hydroxylation is 2. The van der Waals surface area contributed by atoms with E-state index in [1.165, 1.54) is 50.3 Å². The highest BCUT2D eigenvalue weighted by Crippen LogP contribution is 2.38. The first-order valence-electron chi connectivity index (χ1n) is 7.64. The smallest absolute Gasteiger partial charge is 0.0473 e. The lowest BCUT2D eigenvalue weighted by Gasteiger charge is -2.29. The van der Waals surface area contributed by atoms with Crippen molar-refractivity contribution >= 4 is 11.4 Å². The van der Waals surface area contributed by atoms with Crippen molar-refractivity contribution in [3.63, 3.8) is 0 Å². The highest BCUT2D eigenvalue weighted by Gasteiger charge is 2.18. The van der Waals surface area contributed by atoms with Gasteiger partial charge in [-0.2, -0.15) is 0 Å². The van der Waals surface area contributed by atoms with Gasteiger partial charge >= 0.3 is 0 Å². The Morgan fingerprint density at radius 1 is 0.571 bits per heavy atom. The normalized spacial score (nSPS) is 10.9. The van der Waals surface area contributed by atoms with Crippen LogP contribution in [0.5, 0.6) is 0 Å². The maximum atomic E-state index is 2.37. The van der Waals surface area contributed by atoms with Crippen LogP contribution in [0, 0.1) is 48.5 Å². The topological polar surface area (TPSA) is 3.24 Å². The second-order valence-electron chi connectivity index (χ2n) is 6.27. The molecule has 0 spiro atoms. The summed E-state index contributed by atoms with van der Waals surface area (Å²) in [5, 5.41) is 0. The fourth-order valence-electron chi connectivity index (χ4n) is 3.43. The van der Waals surface area contributed by atoms with Crippen LogP contribution in [0.4, 0.5) is 11.4 Å². The number of rotatable bonds is 2. The molecule has 0 fully saturated rings. The van der Waals surface area contributed by atoms with Gasteiger partial charge in [-0.25, -0.2) is 0 Å². The molecular formula is C20H27N. The largest absolute Gasteiger partial charge is 0.344 e. The van der Waals surface area contributed by atoms with E-state index in [0.29, 0.717) is 0 Å². The zero-order valence-electron chi connectivity index (χ0n) is 14.7. The summed E-state index contributed by atoms with van der Waals surface area (Å²) in [6.45, 7) is 15.6. The fourth-order valence-corrected chi connectivity index (χ4v) is 3.43. The number of para-hydroxylation sites is 1. The lowest BCUT2D eigenvalue weighted by Crippen LogP contribution is -2.17. The molecule has 0 aliphatic heterocycles. The van der Waals surface area contributed by atoms with Gasteiger partial charge in [-0.1, -0.05) is 18.2 Å². The first-order chi connectivity index (χ1) is 9.77. The van der Waals surface area contributed by atoms with Crippen molar-refractivity contribution in [1.82, 2.24) is 0 Å². The average molecular weight is 281 g/mol. The standard InChI is InChI=1S/C20H27N/c1-12-10-9-11-13(2)19(12)21(8)20-17(6)15(4)14(3)16(5)18(20)7/h9-11H,1-8H3. The Bertz CT molecular complexity index is 646. The summed E-state index contributed by atoms with van der Waals surface area (Å²) >= 11 is 0. The van der Waals surface area contributed by atoms with E-state index in [1.54, 1.807) is 0 Å². The number of hydrogen-bond acceptors (Lipinski definition) is 1. The van der Waals surface area contributed by atoms with Crippen molar-refractivity contribution in [2.75, 3.05) is 11.9 Å². The maximum Gasteiger partial charge on any atom is 0.0473 e. The number of anilines is 2. The van der Waals surface area contributed by atoms with Crippen LogP contribution in [0.25, 0.3) is 0 Å². The van der Waals surface area contributed by atoms with Crippen LogP contribution < -0.4 is 4.90 Å². The fraction of sp³-hybridized carbons (Fsp3) is 0.400. The third kappa shape index (κ3) is 2.46. The lowest BCUT2D eigenvalue weighted by molar-refractivity contribution is 1.09. The van der Waals surface area contributed by atoms with E-state index in [4.69, 9.17) is 0 Å². The van der Waals surface area contributed by atoms with Crippen LogP contribution in [0.15, 0.2) is 18.2 Å². The summed E-state index contributed by atoms with van der Waals surface area (Å²) in [5.41, 5.74) is 12.3. The SMILES string of the molecule is Cc1cccc(C)c1N(C)c1c(C)c(C)c(C)c(C)c1C. The minimum Gasteiger partial charge on any atom is -0.344 e. The van der Waals surface area contributed by atoms with Gasteiger partial charge in [0.25, 0.3) is 0 Å². The van der Waals surface area contributed by atoms with E-state index >= 15 is 0 Å². The van der Waals surface area contributed by atoms with E-state index in [9.17, 15) is 0 Å². The van der Waals surface area contributed by atoms with Crippen LogP contribution in [-0.2, 0) is 0 Å². The molecule has 0 saturated heterocycles. The summed E-state index contributed by atoms with van der Waals surface area (Å²) in [7, 11) is 2.19. The first-order valence-corrected chi connectivity index (χ1v) is 7.64. The van der Waals surface area contributed by atoms with E-state index in [2.05, 4.69) is 78.6 Å². The average Bonchev–Trinajstić information content (AvgIpc) is 2.43. The maximum absolute atomic E-state index is 2.37. The summed E-state index contributed by atoms with van der Waals surface area (Å²) in [6.07, 6.45) is 0. The van der Waals surface area contributed by atoms with Crippen molar-refractivity contribution in [3.8, 4) is 0 Å². The molecule has 0 unspecified atom stereocenters. The predicted octanol–water partition coefficient (Wildman–Crippen LogP) is 5.61. The molecule has 1 nitrogen and oxygen atoms in total. The summed E-state index contributed by atoms with van der Waals surface area (Å²) in [4.78, 5) is 2.37. The third-order valence-corrected chi connectivity index (χ3v) is 5.07.